The van der Waals surface area contributed by atoms with E-state index in [2.05, 4.69) is 41.3 Å². The summed E-state index contributed by atoms with van der Waals surface area (Å²) in [6.45, 7) is 0.845. The lowest BCUT2D eigenvalue weighted by atomic mass is 10.0. The van der Waals surface area contributed by atoms with Crippen molar-refractivity contribution in [2.45, 2.75) is 32.1 Å². The number of carbonyl (C=O) groups excluding carboxylic acids is 3. The van der Waals surface area contributed by atoms with Gasteiger partial charge in [-0.3, -0.25) is 19.1 Å². The average molecular weight is 626 g/mol. The fourth-order valence-corrected chi connectivity index (χ4v) is 5.12. The molecule has 1 saturated heterocycles. The van der Waals surface area contributed by atoms with Crippen molar-refractivity contribution in [2.24, 2.45) is 0 Å². The number of fused-ring (bicyclic) bond motifs is 1. The molecule has 0 radical (unpaired) electrons. The first kappa shape index (κ1) is 28.1. The molecule has 2 atom stereocenters. The molecule has 1 aliphatic rings. The molecule has 14 heteroatoms. The van der Waals surface area contributed by atoms with Crippen LogP contribution in [0.2, 0.25) is 0 Å². The van der Waals surface area contributed by atoms with Crippen molar-refractivity contribution in [3.8, 4) is 22.9 Å². The molecule has 41 heavy (non-hydrogen) atoms. The Morgan fingerprint density at radius 1 is 1.10 bits per heavy atom. The summed E-state index contributed by atoms with van der Waals surface area (Å²) in [6, 6.07) is 7.61. The highest BCUT2D eigenvalue weighted by Gasteiger charge is 2.40. The van der Waals surface area contributed by atoms with Gasteiger partial charge in [0.15, 0.2) is 5.78 Å². The zero-order chi connectivity index (χ0) is 29.3. The third-order valence-corrected chi connectivity index (χ3v) is 7.05. The number of ether oxygens (including phenoxy) is 2. The molecule has 0 unspecified atom stereocenters. The van der Waals surface area contributed by atoms with Crippen LogP contribution in [0.1, 0.15) is 23.8 Å². The molecule has 4 heterocycles. The van der Waals surface area contributed by atoms with E-state index in [4.69, 9.17) is 9.47 Å². The molecule has 212 valence electrons. The number of anilines is 1. The molecule has 0 bridgehead atoms. The maximum Gasteiger partial charge on any atom is 0.316 e. The molecule has 2 amide bonds. The Hall–Kier alpha value is -4.46. The molecule has 4 aromatic rings. The summed E-state index contributed by atoms with van der Waals surface area (Å²) in [5.74, 6) is -0.731. The minimum atomic E-state index is -1.38. The van der Waals surface area contributed by atoms with Gasteiger partial charge < -0.3 is 19.7 Å². The van der Waals surface area contributed by atoms with Crippen LogP contribution in [0.3, 0.4) is 0 Å². The Kier molecular flexibility index (Phi) is 7.92. The number of ketones is 1. The highest BCUT2D eigenvalue weighted by molar-refractivity contribution is 9.10. The van der Waals surface area contributed by atoms with E-state index in [1.54, 1.807) is 36.7 Å². The monoisotopic (exact) mass is 625 g/mol. The second-order valence-electron chi connectivity index (χ2n) is 9.35. The van der Waals surface area contributed by atoms with Gasteiger partial charge in [0, 0.05) is 48.8 Å². The number of pyridine rings is 1. The van der Waals surface area contributed by atoms with Gasteiger partial charge in [0.25, 0.3) is 0 Å². The number of Topliss-reactive ketones (excluding diaryl/α,β-unsaturated/α-hetero) is 1. The lowest BCUT2D eigenvalue weighted by Crippen LogP contribution is -2.44. The van der Waals surface area contributed by atoms with Gasteiger partial charge in [0.1, 0.15) is 40.6 Å². The van der Waals surface area contributed by atoms with Crippen molar-refractivity contribution in [3.63, 3.8) is 0 Å². The maximum absolute atomic E-state index is 14.5. The van der Waals surface area contributed by atoms with E-state index in [1.165, 1.54) is 36.8 Å². The fourth-order valence-electron chi connectivity index (χ4n) is 4.70. The SMILES string of the molecule is COc1cc(Br)nc(NC(=O)[C@@H]2C[C@@H](F)CN2C(=O)Cn2nc(C(C)=O)c3cc(-c4cnc(OC)nc4)ccc32)c1. The number of carbonyl (C=O) groups is 3. The summed E-state index contributed by atoms with van der Waals surface area (Å²) in [6.07, 6.45) is 1.66. The lowest BCUT2D eigenvalue weighted by Gasteiger charge is -2.23. The molecular weight excluding hydrogens is 601 g/mol. The van der Waals surface area contributed by atoms with E-state index >= 15 is 0 Å². The smallest absolute Gasteiger partial charge is 0.316 e. The van der Waals surface area contributed by atoms with Crippen molar-refractivity contribution in [1.29, 1.82) is 0 Å². The number of benzene rings is 1. The number of alkyl halides is 1. The van der Waals surface area contributed by atoms with Crippen LogP contribution in [-0.2, 0) is 16.1 Å². The van der Waals surface area contributed by atoms with Gasteiger partial charge in [-0.15, -0.1) is 0 Å². The number of nitrogens with zero attached hydrogens (tertiary/aromatic N) is 6. The van der Waals surface area contributed by atoms with Gasteiger partial charge in [-0.1, -0.05) is 6.07 Å². The van der Waals surface area contributed by atoms with E-state index in [1.807, 2.05) is 0 Å². The van der Waals surface area contributed by atoms with Crippen LogP contribution in [0.5, 0.6) is 11.8 Å². The van der Waals surface area contributed by atoms with E-state index in [0.29, 0.717) is 26.8 Å². The Bertz CT molecular complexity index is 1650. The summed E-state index contributed by atoms with van der Waals surface area (Å²) < 4.78 is 26.5. The first-order chi connectivity index (χ1) is 19.7. The Morgan fingerprint density at radius 2 is 1.85 bits per heavy atom. The van der Waals surface area contributed by atoms with Gasteiger partial charge in [0.2, 0.25) is 11.8 Å². The molecule has 1 fully saturated rings. The zero-order valence-electron chi connectivity index (χ0n) is 22.3. The Labute approximate surface area is 242 Å². The quantitative estimate of drug-likeness (QED) is 0.230. The number of amides is 2. The normalized spacial score (nSPS) is 16.6. The number of methoxy groups -OCH3 is 2. The number of nitrogens with one attached hydrogen (secondary N) is 1. The number of hydrogen-bond acceptors (Lipinski definition) is 9. The molecule has 0 saturated carbocycles. The fraction of sp³-hybridized carbons (Fsp3) is 0.296. The van der Waals surface area contributed by atoms with Crippen molar-refractivity contribution in [2.75, 3.05) is 26.1 Å². The molecule has 1 aromatic carbocycles. The largest absolute Gasteiger partial charge is 0.497 e. The Balaban J connectivity index is 1.39. The second-order valence-corrected chi connectivity index (χ2v) is 10.2. The molecule has 0 spiro atoms. The standard InChI is InChI=1S/C27H25BrFN7O5/c1-14(37)25-19-6-15(16-10-30-27(41-3)31-11-16)4-5-20(19)36(34-25)13-24(38)35-12-17(29)7-21(35)26(39)33-23-9-18(40-2)8-22(28)32-23/h4-6,8-11,17,21H,7,12-13H2,1-3H3,(H,32,33,39)/t17-,21+/m1/s1. The van der Waals surface area contributed by atoms with E-state index in [9.17, 15) is 18.8 Å². The van der Waals surface area contributed by atoms with Crippen LogP contribution in [0, 0.1) is 0 Å². The zero-order valence-corrected chi connectivity index (χ0v) is 23.9. The second kappa shape index (κ2) is 11.6. The summed E-state index contributed by atoms with van der Waals surface area (Å²) in [5, 5.41) is 7.57. The number of hydrogen-bond donors (Lipinski definition) is 1. The summed E-state index contributed by atoms with van der Waals surface area (Å²) in [5.41, 5.74) is 2.15. The predicted octanol–water partition coefficient (Wildman–Crippen LogP) is 3.45. The van der Waals surface area contributed by atoms with E-state index < -0.39 is 24.0 Å². The number of rotatable bonds is 8. The summed E-state index contributed by atoms with van der Waals surface area (Å²) >= 11 is 3.25. The number of likely N-dealkylation sites (tertiary alicyclic amines) is 1. The molecule has 5 rings (SSSR count). The molecule has 1 N–H and O–H groups in total. The van der Waals surface area contributed by atoms with Crippen LogP contribution < -0.4 is 14.8 Å². The highest BCUT2D eigenvalue weighted by atomic mass is 79.9. The number of aromatic nitrogens is 5. The van der Waals surface area contributed by atoms with Crippen molar-refractivity contribution in [1.82, 2.24) is 29.6 Å². The van der Waals surface area contributed by atoms with Crippen LogP contribution in [0.15, 0.2) is 47.3 Å². The van der Waals surface area contributed by atoms with Crippen molar-refractivity contribution >= 4 is 50.2 Å². The van der Waals surface area contributed by atoms with Crippen LogP contribution in [0.4, 0.5) is 10.2 Å². The van der Waals surface area contributed by atoms with Gasteiger partial charge in [-0.2, -0.15) is 5.10 Å². The van der Waals surface area contributed by atoms with Gasteiger partial charge in [-0.25, -0.2) is 19.3 Å². The average Bonchev–Trinajstić information content (AvgIpc) is 3.53. The van der Waals surface area contributed by atoms with Gasteiger partial charge in [-0.05, 0) is 33.6 Å². The number of halogens is 2. The minimum Gasteiger partial charge on any atom is -0.497 e. The van der Waals surface area contributed by atoms with Crippen LogP contribution in [-0.4, -0.2) is 80.2 Å². The third kappa shape index (κ3) is 5.87. The molecule has 12 nitrogen and oxygen atoms in total. The molecule has 3 aromatic heterocycles. The van der Waals surface area contributed by atoms with Crippen molar-refractivity contribution in [3.05, 3.63) is 53.0 Å². The molecule has 1 aliphatic heterocycles. The molecular formula is C27H25BrFN7O5. The Morgan fingerprint density at radius 3 is 2.54 bits per heavy atom. The van der Waals surface area contributed by atoms with E-state index in [0.717, 1.165) is 5.56 Å². The first-order valence-electron chi connectivity index (χ1n) is 12.5. The maximum atomic E-state index is 14.5. The summed E-state index contributed by atoms with van der Waals surface area (Å²) in [4.78, 5) is 52.6. The van der Waals surface area contributed by atoms with Crippen LogP contribution in [0.25, 0.3) is 22.0 Å². The van der Waals surface area contributed by atoms with E-state index in [-0.39, 0.29) is 42.8 Å². The first-order valence-corrected chi connectivity index (χ1v) is 13.3. The highest BCUT2D eigenvalue weighted by Crippen LogP contribution is 2.28. The third-order valence-electron chi connectivity index (χ3n) is 6.64. The van der Waals surface area contributed by atoms with Gasteiger partial charge in [0.05, 0.1) is 26.3 Å². The topological polar surface area (TPSA) is 141 Å². The summed E-state index contributed by atoms with van der Waals surface area (Å²) in [7, 11) is 2.95. The van der Waals surface area contributed by atoms with Gasteiger partial charge >= 0.3 is 6.01 Å². The predicted molar refractivity (Wildman–Crippen MR) is 149 cm³/mol. The van der Waals surface area contributed by atoms with Crippen molar-refractivity contribution < 1.29 is 28.2 Å². The minimum absolute atomic E-state index is 0.158. The molecule has 0 aliphatic carbocycles. The lowest BCUT2D eigenvalue weighted by molar-refractivity contribution is -0.137. The van der Waals surface area contributed by atoms with Crippen LogP contribution >= 0.6 is 15.9 Å².